The summed E-state index contributed by atoms with van der Waals surface area (Å²) in [5, 5.41) is 0. The summed E-state index contributed by atoms with van der Waals surface area (Å²) < 4.78 is 32.5. The van der Waals surface area contributed by atoms with Gasteiger partial charge < -0.3 is 4.90 Å². The van der Waals surface area contributed by atoms with Crippen LogP contribution >= 0.6 is 0 Å². The summed E-state index contributed by atoms with van der Waals surface area (Å²) in [7, 11) is -4.27. The Morgan fingerprint density at radius 1 is 1.17 bits per heavy atom. The summed E-state index contributed by atoms with van der Waals surface area (Å²) in [4.78, 5) is 2.00. The number of likely N-dealkylation sites (tertiary alicyclic amines) is 1. The van der Waals surface area contributed by atoms with Crippen LogP contribution in [0, 0.1) is 0 Å². The highest BCUT2D eigenvalue weighted by molar-refractivity contribution is 7.86. The molecule has 0 aromatic rings. The van der Waals surface area contributed by atoms with Crippen molar-refractivity contribution in [2.45, 2.75) is 19.3 Å². The van der Waals surface area contributed by atoms with Crippen molar-refractivity contribution in [3.05, 3.63) is 0 Å². The standard InChI is InChI=1S/C7H14FNO2S/c8-12(10,11)7-6-9-4-2-1-3-5-9/h1-7H2. The molecule has 0 atom stereocenters. The lowest BCUT2D eigenvalue weighted by Crippen LogP contribution is -2.33. The minimum atomic E-state index is -4.27. The molecule has 1 rings (SSSR count). The zero-order chi connectivity index (χ0) is 9.03. The molecule has 0 aromatic heterocycles. The van der Waals surface area contributed by atoms with Gasteiger partial charge in [0.05, 0.1) is 5.75 Å². The quantitative estimate of drug-likeness (QED) is 0.624. The summed E-state index contributed by atoms with van der Waals surface area (Å²) in [5.74, 6) is -0.354. The average molecular weight is 195 g/mol. The molecule has 5 heteroatoms. The van der Waals surface area contributed by atoms with E-state index in [0.29, 0.717) is 6.54 Å². The highest BCUT2D eigenvalue weighted by Gasteiger charge is 2.13. The molecule has 0 amide bonds. The fourth-order valence-corrected chi connectivity index (χ4v) is 1.90. The van der Waals surface area contributed by atoms with Crippen LogP contribution in [0.15, 0.2) is 0 Å². The van der Waals surface area contributed by atoms with Gasteiger partial charge >= 0.3 is 10.2 Å². The molecule has 1 heterocycles. The molecule has 0 saturated carbocycles. The Balaban J connectivity index is 2.22. The average Bonchev–Trinajstić information content (AvgIpc) is 2.02. The van der Waals surface area contributed by atoms with Gasteiger partial charge in [-0.3, -0.25) is 0 Å². The second kappa shape index (κ2) is 4.18. The van der Waals surface area contributed by atoms with Crippen LogP contribution in [0.2, 0.25) is 0 Å². The molecule has 0 N–H and O–H groups in total. The number of hydrogen-bond acceptors (Lipinski definition) is 3. The normalized spacial score (nSPS) is 21.1. The van der Waals surface area contributed by atoms with Gasteiger partial charge in [0, 0.05) is 6.54 Å². The Bertz CT molecular complexity index is 222. The van der Waals surface area contributed by atoms with Gasteiger partial charge in [0.2, 0.25) is 0 Å². The Labute approximate surface area is 72.8 Å². The second-order valence-electron chi connectivity index (χ2n) is 3.15. The fourth-order valence-electron chi connectivity index (χ4n) is 1.42. The van der Waals surface area contributed by atoms with Gasteiger partial charge in [0.15, 0.2) is 0 Å². The predicted molar refractivity (Wildman–Crippen MR) is 45.2 cm³/mol. The third-order valence-corrected chi connectivity index (χ3v) is 2.77. The SMILES string of the molecule is O=S(=O)(F)CCN1CCCCC1. The van der Waals surface area contributed by atoms with E-state index in [1.54, 1.807) is 0 Å². The third kappa shape index (κ3) is 4.01. The first-order valence-electron chi connectivity index (χ1n) is 4.22. The predicted octanol–water partition coefficient (Wildman–Crippen LogP) is 0.772. The molecule has 1 fully saturated rings. The monoisotopic (exact) mass is 195 g/mol. The largest absolute Gasteiger partial charge is 0.303 e. The Hall–Kier alpha value is -0.160. The van der Waals surface area contributed by atoms with Crippen molar-refractivity contribution in [2.24, 2.45) is 0 Å². The van der Waals surface area contributed by atoms with Crippen LogP contribution in [0.25, 0.3) is 0 Å². The molecule has 3 nitrogen and oxygen atoms in total. The van der Waals surface area contributed by atoms with Gasteiger partial charge in [-0.25, -0.2) is 0 Å². The molecule has 0 aromatic carbocycles. The van der Waals surface area contributed by atoms with Crippen LogP contribution in [0.4, 0.5) is 3.89 Å². The minimum absolute atomic E-state index is 0.346. The lowest BCUT2D eigenvalue weighted by Gasteiger charge is -2.25. The van der Waals surface area contributed by atoms with Crippen LogP contribution < -0.4 is 0 Å². The number of rotatable bonds is 3. The molecule has 12 heavy (non-hydrogen) atoms. The fraction of sp³-hybridized carbons (Fsp3) is 1.00. The van der Waals surface area contributed by atoms with Crippen molar-refractivity contribution >= 4 is 10.2 Å². The van der Waals surface area contributed by atoms with Crippen LogP contribution in [0.3, 0.4) is 0 Å². The van der Waals surface area contributed by atoms with Gasteiger partial charge in [-0.1, -0.05) is 6.42 Å². The zero-order valence-electron chi connectivity index (χ0n) is 7.00. The maximum absolute atomic E-state index is 12.1. The molecule has 0 aliphatic carbocycles. The van der Waals surface area contributed by atoms with Crippen LogP contribution in [-0.4, -0.2) is 38.7 Å². The van der Waals surface area contributed by atoms with Crippen LogP contribution in [0.5, 0.6) is 0 Å². The summed E-state index contributed by atoms with van der Waals surface area (Å²) in [6.07, 6.45) is 3.41. The van der Waals surface area contributed by atoms with E-state index >= 15 is 0 Å². The molecule has 0 spiro atoms. The molecule has 1 aliphatic heterocycles. The van der Waals surface area contributed by atoms with E-state index in [1.165, 1.54) is 6.42 Å². The zero-order valence-corrected chi connectivity index (χ0v) is 7.82. The third-order valence-electron chi connectivity index (χ3n) is 2.10. The summed E-state index contributed by atoms with van der Waals surface area (Å²) in [6.45, 7) is 2.17. The first-order valence-corrected chi connectivity index (χ1v) is 5.78. The maximum Gasteiger partial charge on any atom is 0.303 e. The van der Waals surface area contributed by atoms with E-state index < -0.39 is 10.2 Å². The van der Waals surface area contributed by atoms with Crippen molar-refractivity contribution < 1.29 is 12.3 Å². The summed E-state index contributed by atoms with van der Waals surface area (Å²) >= 11 is 0. The maximum atomic E-state index is 12.1. The van der Waals surface area contributed by atoms with E-state index in [9.17, 15) is 12.3 Å². The van der Waals surface area contributed by atoms with Crippen molar-refractivity contribution in [2.75, 3.05) is 25.4 Å². The minimum Gasteiger partial charge on any atom is -0.302 e. The van der Waals surface area contributed by atoms with Crippen LogP contribution in [-0.2, 0) is 10.2 Å². The molecular weight excluding hydrogens is 181 g/mol. The van der Waals surface area contributed by atoms with Gasteiger partial charge in [-0.2, -0.15) is 8.42 Å². The molecule has 0 bridgehead atoms. The van der Waals surface area contributed by atoms with Crippen LogP contribution in [0.1, 0.15) is 19.3 Å². The van der Waals surface area contributed by atoms with Crippen molar-refractivity contribution in [1.82, 2.24) is 4.90 Å². The highest BCUT2D eigenvalue weighted by atomic mass is 32.3. The highest BCUT2D eigenvalue weighted by Crippen LogP contribution is 2.08. The number of hydrogen-bond donors (Lipinski definition) is 0. The van der Waals surface area contributed by atoms with Crippen molar-refractivity contribution in [3.8, 4) is 0 Å². The number of piperidine rings is 1. The number of nitrogens with zero attached hydrogens (tertiary/aromatic N) is 1. The second-order valence-corrected chi connectivity index (χ2v) is 4.63. The lowest BCUT2D eigenvalue weighted by atomic mass is 10.1. The van der Waals surface area contributed by atoms with Gasteiger partial charge in [-0.15, -0.1) is 3.89 Å². The molecule has 1 saturated heterocycles. The summed E-state index contributed by atoms with van der Waals surface area (Å²) in [5.41, 5.74) is 0. The van der Waals surface area contributed by atoms with E-state index in [0.717, 1.165) is 25.9 Å². The van der Waals surface area contributed by atoms with Crippen molar-refractivity contribution in [1.29, 1.82) is 0 Å². The van der Waals surface area contributed by atoms with E-state index in [1.807, 2.05) is 4.90 Å². The van der Waals surface area contributed by atoms with E-state index in [4.69, 9.17) is 0 Å². The van der Waals surface area contributed by atoms with E-state index in [-0.39, 0.29) is 5.75 Å². The van der Waals surface area contributed by atoms with E-state index in [2.05, 4.69) is 0 Å². The topological polar surface area (TPSA) is 37.4 Å². The molecule has 1 aliphatic rings. The molecule has 0 radical (unpaired) electrons. The first-order chi connectivity index (χ1) is 5.58. The van der Waals surface area contributed by atoms with Gasteiger partial charge in [0.1, 0.15) is 0 Å². The first kappa shape index (κ1) is 9.92. The lowest BCUT2D eigenvalue weighted by molar-refractivity contribution is 0.240. The molecule has 72 valence electrons. The summed E-state index contributed by atoms with van der Waals surface area (Å²) in [6, 6.07) is 0. The smallest absolute Gasteiger partial charge is 0.302 e. The Morgan fingerprint density at radius 3 is 2.25 bits per heavy atom. The Morgan fingerprint density at radius 2 is 1.75 bits per heavy atom. The Kier molecular flexibility index (Phi) is 3.46. The molecule has 0 unspecified atom stereocenters. The molecular formula is C7H14FNO2S. The van der Waals surface area contributed by atoms with Crippen molar-refractivity contribution in [3.63, 3.8) is 0 Å². The van der Waals surface area contributed by atoms with Gasteiger partial charge in [0.25, 0.3) is 0 Å². The van der Waals surface area contributed by atoms with Gasteiger partial charge in [-0.05, 0) is 25.9 Å². The number of halogens is 1.